The van der Waals surface area contributed by atoms with E-state index in [2.05, 4.69) is 21.3 Å². The van der Waals surface area contributed by atoms with E-state index in [1.54, 1.807) is 30.5 Å². The maximum absolute atomic E-state index is 14.1. The molecule has 0 radical (unpaired) electrons. The lowest BCUT2D eigenvalue weighted by Crippen LogP contribution is -2.31. The number of hydrogen-bond donors (Lipinski definition) is 1. The maximum atomic E-state index is 14.1. The van der Waals surface area contributed by atoms with Gasteiger partial charge in [-0.1, -0.05) is 41.9 Å². The second kappa shape index (κ2) is 13.9. The number of halogens is 2. The molecule has 1 atom stereocenters. The van der Waals surface area contributed by atoms with Gasteiger partial charge in [0, 0.05) is 51.3 Å². The Hall–Kier alpha value is -4.74. The molecule has 45 heavy (non-hydrogen) atoms. The Labute approximate surface area is 265 Å². The summed E-state index contributed by atoms with van der Waals surface area (Å²) in [6, 6.07) is 17.1. The van der Waals surface area contributed by atoms with Crippen LogP contribution in [0.4, 0.5) is 10.2 Å². The standard InChI is InChI=1S/C33H33ClFN5O5/c1-38(14-13-29(42)37-20-41)30-16-36-32(39(30)2)22-7-8-23-17-40(18-24(23)15-22)31(33(43)44-3)21-9-11-25(12-10-21)45-19-26-27(34)5-4-6-28(26)35/h4-12,15-16,20,31H,13-14,17-19H2,1-3H3,(H,37,41,42). The van der Waals surface area contributed by atoms with Crippen LogP contribution in [0.3, 0.4) is 0 Å². The number of nitrogens with one attached hydrogen (secondary N) is 1. The zero-order valence-corrected chi connectivity index (χ0v) is 25.9. The highest BCUT2D eigenvalue weighted by Crippen LogP contribution is 2.35. The number of carbonyl (C=O) groups is 3. The van der Waals surface area contributed by atoms with Crippen molar-refractivity contribution < 1.29 is 28.2 Å². The Morgan fingerprint density at radius 2 is 1.89 bits per heavy atom. The molecule has 3 aromatic carbocycles. The van der Waals surface area contributed by atoms with Crippen LogP contribution in [0.1, 0.15) is 34.7 Å². The number of methoxy groups -OCH3 is 1. The molecule has 0 saturated carbocycles. The van der Waals surface area contributed by atoms with Crippen LogP contribution in [-0.2, 0) is 45.9 Å². The summed E-state index contributed by atoms with van der Waals surface area (Å²) in [5, 5.41) is 2.44. The van der Waals surface area contributed by atoms with Gasteiger partial charge in [-0.3, -0.25) is 19.8 Å². The first-order valence-corrected chi connectivity index (χ1v) is 14.6. The summed E-state index contributed by atoms with van der Waals surface area (Å²) in [6.45, 7) is 1.47. The van der Waals surface area contributed by atoms with Crippen molar-refractivity contribution in [2.24, 2.45) is 7.05 Å². The smallest absolute Gasteiger partial charge is 0.327 e. The molecule has 234 valence electrons. The molecule has 0 aliphatic carbocycles. The topological polar surface area (TPSA) is 106 Å². The lowest BCUT2D eigenvalue weighted by Gasteiger charge is -2.25. The van der Waals surface area contributed by atoms with Crippen molar-refractivity contribution in [3.05, 3.63) is 100.0 Å². The van der Waals surface area contributed by atoms with Gasteiger partial charge in [0.05, 0.1) is 18.3 Å². The summed E-state index contributed by atoms with van der Waals surface area (Å²) in [5.41, 5.74) is 4.11. The molecule has 0 spiro atoms. The minimum absolute atomic E-state index is 0.0264. The highest BCUT2D eigenvalue weighted by atomic mass is 35.5. The van der Waals surface area contributed by atoms with Gasteiger partial charge in [-0.25, -0.2) is 14.2 Å². The van der Waals surface area contributed by atoms with Crippen LogP contribution in [0, 0.1) is 5.82 Å². The highest BCUT2D eigenvalue weighted by Gasteiger charge is 2.33. The fraction of sp³-hybridized carbons (Fsp3) is 0.273. The molecule has 1 aliphatic heterocycles. The first kappa shape index (κ1) is 31.7. The number of imidazole rings is 1. The number of ether oxygens (including phenoxy) is 2. The third kappa shape index (κ3) is 7.00. The molecule has 1 N–H and O–H groups in total. The minimum Gasteiger partial charge on any atom is -0.489 e. The van der Waals surface area contributed by atoms with Gasteiger partial charge in [0.15, 0.2) is 0 Å². The molecule has 10 nitrogen and oxygen atoms in total. The van der Waals surface area contributed by atoms with E-state index in [0.717, 1.165) is 33.9 Å². The molecule has 2 heterocycles. The van der Waals surface area contributed by atoms with E-state index in [4.69, 9.17) is 21.1 Å². The van der Waals surface area contributed by atoms with Crippen molar-refractivity contribution in [2.75, 3.05) is 25.6 Å². The molecule has 1 unspecified atom stereocenters. The van der Waals surface area contributed by atoms with Gasteiger partial charge < -0.3 is 18.9 Å². The summed E-state index contributed by atoms with van der Waals surface area (Å²) in [6.07, 6.45) is 2.30. The molecule has 5 rings (SSSR count). The predicted molar refractivity (Wildman–Crippen MR) is 167 cm³/mol. The van der Waals surface area contributed by atoms with Crippen LogP contribution >= 0.6 is 11.6 Å². The zero-order valence-electron chi connectivity index (χ0n) is 25.1. The number of hydrogen-bond acceptors (Lipinski definition) is 8. The first-order chi connectivity index (χ1) is 21.7. The number of aromatic nitrogens is 2. The second-order valence-corrected chi connectivity index (χ2v) is 11.1. The fourth-order valence-corrected chi connectivity index (χ4v) is 5.68. The number of esters is 1. The van der Waals surface area contributed by atoms with E-state index in [0.29, 0.717) is 36.8 Å². The maximum Gasteiger partial charge on any atom is 0.327 e. The molecule has 2 amide bonds. The van der Waals surface area contributed by atoms with Gasteiger partial charge in [-0.15, -0.1) is 0 Å². The summed E-state index contributed by atoms with van der Waals surface area (Å²) < 4.78 is 27.1. The van der Waals surface area contributed by atoms with E-state index in [-0.39, 0.29) is 30.5 Å². The van der Waals surface area contributed by atoms with Gasteiger partial charge in [0.2, 0.25) is 12.3 Å². The summed E-state index contributed by atoms with van der Waals surface area (Å²) in [4.78, 5) is 43.8. The number of fused-ring (bicyclic) bond motifs is 1. The van der Waals surface area contributed by atoms with E-state index in [9.17, 15) is 18.8 Å². The Bertz CT molecular complexity index is 1690. The van der Waals surface area contributed by atoms with Crippen LogP contribution in [0.15, 0.2) is 66.9 Å². The Morgan fingerprint density at radius 1 is 1.13 bits per heavy atom. The zero-order chi connectivity index (χ0) is 32.1. The van der Waals surface area contributed by atoms with Crippen LogP contribution in [-0.4, -0.2) is 53.4 Å². The van der Waals surface area contributed by atoms with Gasteiger partial charge in [-0.05, 0) is 47.0 Å². The van der Waals surface area contributed by atoms with E-state index in [1.165, 1.54) is 13.2 Å². The monoisotopic (exact) mass is 633 g/mol. The third-order valence-corrected chi connectivity index (χ3v) is 8.24. The number of anilines is 1. The average molecular weight is 634 g/mol. The van der Waals surface area contributed by atoms with Gasteiger partial charge >= 0.3 is 5.97 Å². The van der Waals surface area contributed by atoms with Crippen LogP contribution < -0.4 is 15.0 Å². The molecular weight excluding hydrogens is 601 g/mol. The molecule has 12 heteroatoms. The van der Waals surface area contributed by atoms with Crippen LogP contribution in [0.2, 0.25) is 5.02 Å². The van der Waals surface area contributed by atoms with Gasteiger partial charge in [-0.2, -0.15) is 0 Å². The Morgan fingerprint density at radius 3 is 2.60 bits per heavy atom. The Balaban J connectivity index is 1.29. The lowest BCUT2D eigenvalue weighted by molar-refractivity contribution is -0.147. The molecule has 0 saturated heterocycles. The number of carbonyl (C=O) groups excluding carboxylic acids is 3. The predicted octanol–water partition coefficient (Wildman–Crippen LogP) is 4.79. The quantitative estimate of drug-likeness (QED) is 0.175. The number of amides is 2. The van der Waals surface area contributed by atoms with Crippen molar-refractivity contribution in [1.82, 2.24) is 19.8 Å². The average Bonchev–Trinajstić information content (AvgIpc) is 3.63. The number of rotatable bonds is 12. The largest absolute Gasteiger partial charge is 0.489 e. The van der Waals surface area contributed by atoms with Crippen molar-refractivity contribution in [1.29, 1.82) is 0 Å². The SMILES string of the molecule is COC(=O)C(c1ccc(OCc2c(F)cccc2Cl)cc1)N1Cc2ccc(-c3ncc(N(C)CCC(=O)NC=O)n3C)cc2C1. The van der Waals surface area contributed by atoms with Crippen molar-refractivity contribution >= 4 is 35.7 Å². The summed E-state index contributed by atoms with van der Waals surface area (Å²) in [5.74, 6) is 0.930. The number of nitrogens with zero attached hydrogens (tertiary/aromatic N) is 4. The van der Waals surface area contributed by atoms with Crippen LogP contribution in [0.5, 0.6) is 5.75 Å². The normalized spacial score (nSPS) is 13.2. The van der Waals surface area contributed by atoms with Crippen molar-refractivity contribution in [3.8, 4) is 17.1 Å². The highest BCUT2D eigenvalue weighted by molar-refractivity contribution is 6.31. The Kier molecular flexibility index (Phi) is 9.80. The molecule has 0 bridgehead atoms. The molecule has 4 aromatic rings. The van der Waals surface area contributed by atoms with E-state index < -0.39 is 11.9 Å². The van der Waals surface area contributed by atoms with Gasteiger partial charge in [0.25, 0.3) is 0 Å². The first-order valence-electron chi connectivity index (χ1n) is 14.3. The van der Waals surface area contributed by atoms with Crippen molar-refractivity contribution in [2.45, 2.75) is 32.2 Å². The minimum atomic E-state index is -0.647. The lowest BCUT2D eigenvalue weighted by atomic mass is 10.1. The second-order valence-electron chi connectivity index (χ2n) is 10.7. The molecule has 1 aromatic heterocycles. The van der Waals surface area contributed by atoms with Gasteiger partial charge in [0.1, 0.15) is 35.9 Å². The molecular formula is C33H33ClFN5O5. The van der Waals surface area contributed by atoms with Crippen LogP contribution in [0.25, 0.3) is 11.4 Å². The number of benzene rings is 3. The summed E-state index contributed by atoms with van der Waals surface area (Å²) >= 11 is 6.12. The molecule has 0 fully saturated rings. The van der Waals surface area contributed by atoms with E-state index in [1.807, 2.05) is 47.8 Å². The third-order valence-electron chi connectivity index (χ3n) is 7.89. The molecule has 1 aliphatic rings. The fourth-order valence-electron chi connectivity index (χ4n) is 5.47. The van der Waals surface area contributed by atoms with E-state index >= 15 is 0 Å². The number of imide groups is 1. The van der Waals surface area contributed by atoms with Crippen molar-refractivity contribution in [3.63, 3.8) is 0 Å². The summed E-state index contributed by atoms with van der Waals surface area (Å²) in [7, 11) is 5.14.